The Morgan fingerprint density at radius 2 is 1.75 bits per heavy atom. The van der Waals surface area contributed by atoms with Gasteiger partial charge in [-0.1, -0.05) is 32.0 Å². The summed E-state index contributed by atoms with van der Waals surface area (Å²) in [6.07, 6.45) is -4.58. The summed E-state index contributed by atoms with van der Waals surface area (Å²) in [5.41, 5.74) is -1.15. The highest BCUT2D eigenvalue weighted by Crippen LogP contribution is 2.29. The van der Waals surface area contributed by atoms with E-state index in [4.69, 9.17) is 10.0 Å². The van der Waals surface area contributed by atoms with Crippen LogP contribution in [0.1, 0.15) is 30.9 Å². The molecule has 16 heavy (non-hydrogen) atoms. The Hall–Kier alpha value is -1.01. The molecule has 0 unspecified atom stereocenters. The molecule has 0 aliphatic carbocycles. The Balaban J connectivity index is 3.45. The maximum Gasteiger partial charge on any atom is 0.489 e. The van der Waals surface area contributed by atoms with E-state index in [9.17, 15) is 13.2 Å². The molecule has 0 spiro atoms. The van der Waals surface area contributed by atoms with E-state index in [2.05, 4.69) is 0 Å². The summed E-state index contributed by atoms with van der Waals surface area (Å²) in [6, 6.07) is 3.58. The van der Waals surface area contributed by atoms with Gasteiger partial charge in [0, 0.05) is 0 Å². The van der Waals surface area contributed by atoms with Crippen molar-refractivity contribution in [3.8, 4) is 0 Å². The molecule has 1 aromatic carbocycles. The molecule has 1 aromatic rings. The van der Waals surface area contributed by atoms with Gasteiger partial charge in [-0.25, -0.2) is 0 Å². The van der Waals surface area contributed by atoms with Crippen LogP contribution in [-0.2, 0) is 6.18 Å². The average Bonchev–Trinajstić information content (AvgIpc) is 2.14. The number of benzene rings is 1. The van der Waals surface area contributed by atoms with Crippen molar-refractivity contribution in [3.63, 3.8) is 0 Å². The molecule has 0 aliphatic rings. The Bertz CT molecular complexity index is 375. The van der Waals surface area contributed by atoms with Crippen molar-refractivity contribution < 1.29 is 23.2 Å². The van der Waals surface area contributed by atoms with E-state index in [0.717, 1.165) is 6.07 Å². The highest BCUT2D eigenvalue weighted by Gasteiger charge is 2.37. The quantitative estimate of drug-likeness (QED) is 0.758. The van der Waals surface area contributed by atoms with Crippen molar-refractivity contribution >= 4 is 12.6 Å². The average molecular weight is 232 g/mol. The van der Waals surface area contributed by atoms with E-state index in [1.54, 1.807) is 13.8 Å². The Labute approximate surface area is 91.9 Å². The Morgan fingerprint density at radius 1 is 1.19 bits per heavy atom. The third-order valence-corrected chi connectivity index (χ3v) is 2.33. The van der Waals surface area contributed by atoms with Gasteiger partial charge in [0.25, 0.3) is 0 Å². The number of rotatable bonds is 2. The fourth-order valence-corrected chi connectivity index (χ4v) is 1.62. The first kappa shape index (κ1) is 13.1. The summed E-state index contributed by atoms with van der Waals surface area (Å²) in [4.78, 5) is 0. The third-order valence-electron chi connectivity index (χ3n) is 2.33. The Kier molecular flexibility index (Phi) is 3.65. The van der Waals surface area contributed by atoms with Crippen LogP contribution in [0.5, 0.6) is 0 Å². The van der Waals surface area contributed by atoms with Crippen LogP contribution in [0.25, 0.3) is 0 Å². The van der Waals surface area contributed by atoms with Gasteiger partial charge in [0.05, 0.1) is 5.56 Å². The predicted molar refractivity (Wildman–Crippen MR) is 55.4 cm³/mol. The van der Waals surface area contributed by atoms with Gasteiger partial charge in [-0.15, -0.1) is 0 Å². The lowest BCUT2D eigenvalue weighted by molar-refractivity contribution is -0.136. The van der Waals surface area contributed by atoms with Gasteiger partial charge in [-0.05, 0) is 16.9 Å². The van der Waals surface area contributed by atoms with Crippen LogP contribution in [0, 0.1) is 0 Å². The second-order valence-corrected chi connectivity index (χ2v) is 3.83. The molecule has 0 amide bonds. The number of hydrogen-bond donors (Lipinski definition) is 2. The van der Waals surface area contributed by atoms with Crippen molar-refractivity contribution in [1.29, 1.82) is 0 Å². The Morgan fingerprint density at radius 3 is 2.12 bits per heavy atom. The molecular weight excluding hydrogens is 220 g/mol. The minimum absolute atomic E-state index is 0.209. The number of halogens is 3. The lowest BCUT2D eigenvalue weighted by Gasteiger charge is -2.18. The lowest BCUT2D eigenvalue weighted by Crippen LogP contribution is -2.39. The van der Waals surface area contributed by atoms with Gasteiger partial charge in [-0.2, -0.15) is 13.2 Å². The first-order valence-corrected chi connectivity index (χ1v) is 4.81. The molecule has 0 aromatic heterocycles. The summed E-state index contributed by atoms with van der Waals surface area (Å²) in [5, 5.41) is 18.1. The molecule has 0 bridgehead atoms. The zero-order valence-electron chi connectivity index (χ0n) is 8.92. The lowest BCUT2D eigenvalue weighted by atomic mass is 9.71. The van der Waals surface area contributed by atoms with Crippen molar-refractivity contribution in [2.75, 3.05) is 0 Å². The smallest absolute Gasteiger partial charge is 0.423 e. The molecule has 0 saturated carbocycles. The zero-order valence-corrected chi connectivity index (χ0v) is 8.92. The van der Waals surface area contributed by atoms with Gasteiger partial charge in [-0.3, -0.25) is 0 Å². The maximum absolute atomic E-state index is 12.6. The molecule has 0 atom stereocenters. The molecule has 6 heteroatoms. The van der Waals surface area contributed by atoms with Crippen molar-refractivity contribution in [2.24, 2.45) is 0 Å². The van der Waals surface area contributed by atoms with Crippen molar-refractivity contribution in [1.82, 2.24) is 0 Å². The normalized spacial score (nSPS) is 12.0. The van der Waals surface area contributed by atoms with E-state index in [1.165, 1.54) is 12.1 Å². The summed E-state index contributed by atoms with van der Waals surface area (Å²) >= 11 is 0. The van der Waals surface area contributed by atoms with Crippen LogP contribution in [0.15, 0.2) is 18.2 Å². The maximum atomic E-state index is 12.6. The highest BCUT2D eigenvalue weighted by atomic mass is 19.4. The number of alkyl halides is 3. The van der Waals surface area contributed by atoms with Crippen molar-refractivity contribution in [2.45, 2.75) is 25.9 Å². The minimum Gasteiger partial charge on any atom is -0.423 e. The zero-order chi connectivity index (χ0) is 12.5. The fraction of sp³-hybridized carbons (Fsp3) is 0.400. The standard InChI is InChI=1S/C10H12BF3O2/c1-6(2)7-4-3-5-8(10(12,13)14)9(7)11(15)16/h3-6,15-16H,1-2H3. The molecule has 0 fully saturated rings. The summed E-state index contributed by atoms with van der Waals surface area (Å²) in [5.74, 6) is -0.209. The van der Waals surface area contributed by atoms with Crippen LogP contribution >= 0.6 is 0 Å². The molecule has 0 aliphatic heterocycles. The van der Waals surface area contributed by atoms with Gasteiger partial charge >= 0.3 is 13.3 Å². The van der Waals surface area contributed by atoms with Crippen LogP contribution in [-0.4, -0.2) is 17.2 Å². The summed E-state index contributed by atoms with van der Waals surface area (Å²) in [6.45, 7) is 3.39. The molecule has 0 saturated heterocycles. The second kappa shape index (κ2) is 4.47. The minimum atomic E-state index is -4.58. The molecule has 2 N–H and O–H groups in total. The largest absolute Gasteiger partial charge is 0.489 e. The van der Waals surface area contributed by atoms with Crippen LogP contribution in [0.2, 0.25) is 0 Å². The second-order valence-electron chi connectivity index (χ2n) is 3.83. The summed E-state index contributed by atoms with van der Waals surface area (Å²) in [7, 11) is -2.12. The van der Waals surface area contributed by atoms with Crippen LogP contribution < -0.4 is 5.46 Å². The van der Waals surface area contributed by atoms with E-state index in [-0.39, 0.29) is 5.92 Å². The van der Waals surface area contributed by atoms with Gasteiger partial charge in [0.1, 0.15) is 0 Å². The highest BCUT2D eigenvalue weighted by molar-refractivity contribution is 6.59. The van der Waals surface area contributed by atoms with E-state index >= 15 is 0 Å². The fourth-order valence-electron chi connectivity index (χ4n) is 1.62. The third kappa shape index (κ3) is 2.57. The molecule has 1 rings (SSSR count). The molecule has 0 heterocycles. The molecule has 2 nitrogen and oxygen atoms in total. The topological polar surface area (TPSA) is 40.5 Å². The summed E-state index contributed by atoms with van der Waals surface area (Å²) < 4.78 is 37.9. The molecule has 88 valence electrons. The van der Waals surface area contributed by atoms with Gasteiger partial charge < -0.3 is 10.0 Å². The number of hydrogen-bond acceptors (Lipinski definition) is 2. The van der Waals surface area contributed by atoms with Crippen LogP contribution in [0.3, 0.4) is 0 Å². The van der Waals surface area contributed by atoms with E-state index in [1.807, 2.05) is 0 Å². The van der Waals surface area contributed by atoms with Crippen molar-refractivity contribution in [3.05, 3.63) is 29.3 Å². The first-order chi connectivity index (χ1) is 7.25. The SMILES string of the molecule is CC(C)c1cccc(C(F)(F)F)c1B(O)O. The first-order valence-electron chi connectivity index (χ1n) is 4.81. The van der Waals surface area contributed by atoms with E-state index < -0.39 is 24.3 Å². The van der Waals surface area contributed by atoms with E-state index in [0.29, 0.717) is 5.56 Å². The predicted octanol–water partition coefficient (Wildman–Crippen LogP) is 1.51. The molecular formula is C10H12BF3O2. The molecule has 0 radical (unpaired) electrons. The monoisotopic (exact) mass is 232 g/mol. The van der Waals surface area contributed by atoms with Gasteiger partial charge in [0.15, 0.2) is 0 Å². The van der Waals surface area contributed by atoms with Crippen LogP contribution in [0.4, 0.5) is 13.2 Å². The van der Waals surface area contributed by atoms with Gasteiger partial charge in [0.2, 0.25) is 0 Å².